The van der Waals surface area contributed by atoms with Crippen LogP contribution in [0.1, 0.15) is 19.4 Å². The molecular formula is C28H21BrClN3O5. The first-order chi connectivity index (χ1) is 18.4. The fraction of sp³-hybridized carbons (Fsp3) is 0.143. The molecule has 0 saturated heterocycles. The summed E-state index contributed by atoms with van der Waals surface area (Å²) in [5.41, 5.74) is 1.43. The maximum absolute atomic E-state index is 13.5. The number of nitrogens with zero attached hydrogens (tertiary/aromatic N) is 3. The van der Waals surface area contributed by atoms with E-state index in [0.29, 0.717) is 32.3 Å². The van der Waals surface area contributed by atoms with Crippen molar-refractivity contribution in [2.24, 2.45) is 5.10 Å². The number of carbonyl (C=O) groups is 1. The van der Waals surface area contributed by atoms with Gasteiger partial charge in [-0.2, -0.15) is 9.78 Å². The van der Waals surface area contributed by atoms with Gasteiger partial charge in [0.2, 0.25) is 5.82 Å². The molecule has 38 heavy (non-hydrogen) atoms. The Morgan fingerprint density at radius 1 is 1.18 bits per heavy atom. The average molecular weight is 595 g/mol. The Balaban J connectivity index is 1.55. The number of benzene rings is 3. The normalized spacial score (nSPS) is 12.3. The molecule has 192 valence electrons. The lowest BCUT2D eigenvalue weighted by atomic mass is 10.2. The van der Waals surface area contributed by atoms with E-state index in [2.05, 4.69) is 26.0 Å². The number of aromatic nitrogens is 2. The van der Waals surface area contributed by atoms with Gasteiger partial charge in [0.1, 0.15) is 5.58 Å². The molecule has 0 aliphatic carbocycles. The molecule has 0 aliphatic heterocycles. The third-order valence-corrected chi connectivity index (χ3v) is 6.53. The Hall–Kier alpha value is -3.95. The number of furan rings is 1. The van der Waals surface area contributed by atoms with Gasteiger partial charge in [-0.1, -0.05) is 41.9 Å². The molecule has 8 nitrogen and oxygen atoms in total. The fourth-order valence-corrected chi connectivity index (χ4v) is 4.82. The maximum atomic E-state index is 13.5. The van der Waals surface area contributed by atoms with Crippen LogP contribution in [0.3, 0.4) is 0 Å². The van der Waals surface area contributed by atoms with Crippen LogP contribution in [-0.4, -0.2) is 34.6 Å². The number of halogens is 2. The monoisotopic (exact) mass is 593 g/mol. The van der Waals surface area contributed by atoms with Gasteiger partial charge < -0.3 is 13.9 Å². The minimum atomic E-state index is -0.850. The van der Waals surface area contributed by atoms with Gasteiger partial charge in [-0.3, -0.25) is 4.79 Å². The lowest BCUT2D eigenvalue weighted by Gasteiger charge is -2.16. The van der Waals surface area contributed by atoms with E-state index in [1.165, 1.54) is 10.9 Å². The SMILES string of the molecule is CCOC(=O)[C@H](C)Oc1c(Cl)cc(C=Nn2c(-c3cc4ccccc4o3)nc3ccccc3c2=O)cc1Br. The van der Waals surface area contributed by atoms with E-state index in [4.69, 9.17) is 25.5 Å². The Morgan fingerprint density at radius 3 is 2.71 bits per heavy atom. The molecule has 0 N–H and O–H groups in total. The van der Waals surface area contributed by atoms with Crippen molar-refractivity contribution in [3.8, 4) is 17.3 Å². The van der Waals surface area contributed by atoms with Gasteiger partial charge >= 0.3 is 5.97 Å². The van der Waals surface area contributed by atoms with Crippen molar-refractivity contribution >= 4 is 61.6 Å². The van der Waals surface area contributed by atoms with Gasteiger partial charge in [-0.25, -0.2) is 9.78 Å². The molecular weight excluding hydrogens is 574 g/mol. The van der Waals surface area contributed by atoms with Gasteiger partial charge in [-0.15, -0.1) is 0 Å². The first-order valence-electron chi connectivity index (χ1n) is 11.7. The summed E-state index contributed by atoms with van der Waals surface area (Å²) in [6, 6.07) is 19.7. The third-order valence-electron chi connectivity index (χ3n) is 5.66. The lowest BCUT2D eigenvalue weighted by Crippen LogP contribution is -2.26. The van der Waals surface area contributed by atoms with E-state index < -0.39 is 12.1 Å². The molecule has 2 aromatic heterocycles. The molecule has 0 bridgehead atoms. The Morgan fingerprint density at radius 2 is 1.95 bits per heavy atom. The molecule has 0 unspecified atom stereocenters. The van der Waals surface area contributed by atoms with Crippen molar-refractivity contribution in [3.05, 3.63) is 92.1 Å². The summed E-state index contributed by atoms with van der Waals surface area (Å²) < 4.78 is 18.4. The van der Waals surface area contributed by atoms with E-state index in [1.807, 2.05) is 36.4 Å². The molecule has 0 radical (unpaired) electrons. The lowest BCUT2D eigenvalue weighted by molar-refractivity contribution is -0.150. The quantitative estimate of drug-likeness (QED) is 0.159. The van der Waals surface area contributed by atoms with E-state index in [-0.39, 0.29) is 28.8 Å². The molecule has 1 atom stereocenters. The van der Waals surface area contributed by atoms with Crippen LogP contribution in [0.25, 0.3) is 33.5 Å². The highest BCUT2D eigenvalue weighted by molar-refractivity contribution is 9.10. The molecule has 0 saturated carbocycles. The predicted octanol–water partition coefficient (Wildman–Crippen LogP) is 6.44. The highest BCUT2D eigenvalue weighted by Crippen LogP contribution is 2.35. The highest BCUT2D eigenvalue weighted by atomic mass is 79.9. The van der Waals surface area contributed by atoms with Crippen LogP contribution in [0.15, 0.2) is 85.5 Å². The fourth-order valence-electron chi connectivity index (χ4n) is 3.86. The topological polar surface area (TPSA) is 95.9 Å². The van der Waals surface area contributed by atoms with E-state index >= 15 is 0 Å². The zero-order valence-corrected chi connectivity index (χ0v) is 22.7. The summed E-state index contributed by atoms with van der Waals surface area (Å²) in [4.78, 5) is 30.1. The van der Waals surface area contributed by atoms with Crippen molar-refractivity contribution < 1.29 is 18.7 Å². The van der Waals surface area contributed by atoms with Gasteiger partial charge in [0.15, 0.2) is 17.6 Å². The van der Waals surface area contributed by atoms with Crippen molar-refractivity contribution in [2.75, 3.05) is 6.61 Å². The average Bonchev–Trinajstić information content (AvgIpc) is 3.34. The number of hydrogen-bond donors (Lipinski definition) is 0. The van der Waals surface area contributed by atoms with E-state index in [9.17, 15) is 9.59 Å². The van der Waals surface area contributed by atoms with Crippen LogP contribution >= 0.6 is 27.5 Å². The predicted molar refractivity (Wildman–Crippen MR) is 150 cm³/mol. The number of para-hydroxylation sites is 2. The number of rotatable bonds is 7. The molecule has 5 aromatic rings. The Kier molecular flexibility index (Phi) is 7.31. The summed E-state index contributed by atoms with van der Waals surface area (Å²) in [5.74, 6) is 0.455. The molecule has 0 amide bonds. The largest absolute Gasteiger partial charge is 0.476 e. The summed E-state index contributed by atoms with van der Waals surface area (Å²) in [6.45, 7) is 3.54. The minimum absolute atomic E-state index is 0.246. The number of carbonyl (C=O) groups excluding carboxylic acids is 1. The molecule has 10 heteroatoms. The zero-order valence-electron chi connectivity index (χ0n) is 20.4. The van der Waals surface area contributed by atoms with Crippen LogP contribution in [0.4, 0.5) is 0 Å². The van der Waals surface area contributed by atoms with Crippen LogP contribution in [0, 0.1) is 0 Å². The zero-order chi connectivity index (χ0) is 26.8. The van der Waals surface area contributed by atoms with E-state index in [0.717, 1.165) is 5.39 Å². The van der Waals surface area contributed by atoms with Crippen LogP contribution in [0.5, 0.6) is 5.75 Å². The summed E-state index contributed by atoms with van der Waals surface area (Å²) in [6.07, 6.45) is 0.635. The second-order valence-corrected chi connectivity index (χ2v) is 9.55. The van der Waals surface area contributed by atoms with Crippen molar-refractivity contribution in [3.63, 3.8) is 0 Å². The Labute approximate surface area is 230 Å². The second kappa shape index (κ2) is 10.8. The summed E-state index contributed by atoms with van der Waals surface area (Å²) >= 11 is 9.90. The Bertz CT molecular complexity index is 1710. The first-order valence-corrected chi connectivity index (χ1v) is 12.9. The smallest absolute Gasteiger partial charge is 0.347 e. The van der Waals surface area contributed by atoms with Gasteiger partial charge in [0, 0.05) is 5.39 Å². The maximum Gasteiger partial charge on any atom is 0.347 e. The van der Waals surface area contributed by atoms with Gasteiger partial charge in [0.25, 0.3) is 5.56 Å². The second-order valence-electron chi connectivity index (χ2n) is 8.29. The molecule has 0 fully saturated rings. The van der Waals surface area contributed by atoms with Crippen LogP contribution < -0.4 is 10.3 Å². The number of fused-ring (bicyclic) bond motifs is 2. The number of hydrogen-bond acceptors (Lipinski definition) is 7. The first kappa shape index (κ1) is 25.7. The number of esters is 1. The summed E-state index contributed by atoms with van der Waals surface area (Å²) in [5, 5.41) is 6.00. The van der Waals surface area contributed by atoms with E-state index in [1.54, 1.807) is 44.2 Å². The molecule has 0 aliphatic rings. The highest BCUT2D eigenvalue weighted by Gasteiger charge is 2.20. The molecule has 3 aromatic carbocycles. The molecule has 5 rings (SSSR count). The standard InChI is InChI=1S/C28H21BrClN3O5/c1-3-36-28(35)16(2)37-25-20(29)12-17(13-21(25)30)15-31-33-26(24-14-18-8-4-7-11-23(18)38-24)32-22-10-6-5-9-19(22)27(33)34/h4-16H,3H2,1-2H3/t16-/m0/s1. The van der Waals surface area contributed by atoms with Crippen LogP contribution in [-0.2, 0) is 9.53 Å². The van der Waals surface area contributed by atoms with Gasteiger partial charge in [-0.05, 0) is 71.7 Å². The minimum Gasteiger partial charge on any atom is -0.476 e. The van der Waals surface area contributed by atoms with Crippen molar-refractivity contribution in [1.82, 2.24) is 9.66 Å². The van der Waals surface area contributed by atoms with Crippen LogP contribution in [0.2, 0.25) is 5.02 Å². The van der Waals surface area contributed by atoms with Crippen molar-refractivity contribution in [2.45, 2.75) is 20.0 Å². The van der Waals surface area contributed by atoms with Crippen molar-refractivity contribution in [1.29, 1.82) is 0 Å². The molecule has 0 spiro atoms. The number of ether oxygens (including phenoxy) is 2. The third kappa shape index (κ3) is 5.07. The van der Waals surface area contributed by atoms with Gasteiger partial charge in [0.05, 0.1) is 33.2 Å². The molecule has 2 heterocycles. The summed E-state index contributed by atoms with van der Waals surface area (Å²) in [7, 11) is 0.